The average molecular weight is 442 g/mol. The Balaban J connectivity index is 2.20. The van der Waals surface area contributed by atoms with E-state index < -0.39 is 11.5 Å². The summed E-state index contributed by atoms with van der Waals surface area (Å²) in [4.78, 5) is 44.8. The summed E-state index contributed by atoms with van der Waals surface area (Å²) in [6, 6.07) is 9.13. The Morgan fingerprint density at radius 1 is 1.23 bits per heavy atom. The number of carbonyl (C=O) groups is 2. The van der Waals surface area contributed by atoms with E-state index in [0.29, 0.717) is 32.2 Å². The number of fused-ring (bicyclic) bond motifs is 1. The number of aromatic nitrogens is 2. The molecule has 31 heavy (non-hydrogen) atoms. The van der Waals surface area contributed by atoms with Gasteiger partial charge in [-0.25, -0.2) is 9.78 Å². The molecule has 8 heteroatoms. The molecule has 0 saturated carbocycles. The number of anilines is 1. The van der Waals surface area contributed by atoms with E-state index in [2.05, 4.69) is 5.32 Å². The highest BCUT2D eigenvalue weighted by atomic mass is 32.1. The monoisotopic (exact) mass is 441 g/mol. The Morgan fingerprint density at radius 2 is 1.87 bits per heavy atom. The van der Waals surface area contributed by atoms with Gasteiger partial charge in [-0.15, -0.1) is 11.3 Å². The molecule has 2 aromatic heterocycles. The predicted molar refractivity (Wildman–Crippen MR) is 123 cm³/mol. The Bertz CT molecular complexity index is 1190. The molecule has 0 radical (unpaired) electrons. The van der Waals surface area contributed by atoms with Crippen molar-refractivity contribution >= 4 is 39.1 Å². The summed E-state index contributed by atoms with van der Waals surface area (Å²) in [5, 5.41) is 3.21. The van der Waals surface area contributed by atoms with Gasteiger partial charge in [-0.3, -0.25) is 14.2 Å². The minimum Gasteiger partial charge on any atom is -0.464 e. The van der Waals surface area contributed by atoms with Crippen molar-refractivity contribution in [1.82, 2.24) is 9.55 Å². The second-order valence-electron chi connectivity index (χ2n) is 8.10. The smallest absolute Gasteiger partial charge is 0.331 e. The second-order valence-corrected chi connectivity index (χ2v) is 9.10. The Morgan fingerprint density at radius 3 is 2.45 bits per heavy atom. The van der Waals surface area contributed by atoms with Crippen LogP contribution in [0.15, 0.2) is 35.1 Å². The van der Waals surface area contributed by atoms with Gasteiger partial charge in [0.05, 0.1) is 16.9 Å². The first-order chi connectivity index (χ1) is 14.6. The standard InChI is InChI=1S/C23H27N3O4S/c1-7-30-22(29)23(5,6)26-18(13(2)3)25-20-16(21(26)28)14(4)17(31-20)19(27)24-15-11-9-8-10-12-15/h8-13H,7H2,1-6H3,(H,24,27). The molecule has 3 aromatic rings. The van der Waals surface area contributed by atoms with E-state index in [4.69, 9.17) is 9.72 Å². The molecule has 3 rings (SSSR count). The van der Waals surface area contributed by atoms with Crippen LogP contribution < -0.4 is 10.9 Å². The number of hydrogen-bond acceptors (Lipinski definition) is 6. The van der Waals surface area contributed by atoms with Gasteiger partial charge in [0.25, 0.3) is 11.5 Å². The molecule has 2 heterocycles. The van der Waals surface area contributed by atoms with Crippen LogP contribution in [0.4, 0.5) is 5.69 Å². The Labute approximate surface area is 185 Å². The van der Waals surface area contributed by atoms with E-state index in [0.717, 1.165) is 0 Å². The first kappa shape index (κ1) is 22.7. The summed E-state index contributed by atoms with van der Waals surface area (Å²) in [5.41, 5.74) is -0.371. The summed E-state index contributed by atoms with van der Waals surface area (Å²) in [5.74, 6) is -0.440. The normalized spacial score (nSPS) is 11.7. The van der Waals surface area contributed by atoms with Gasteiger partial charge in [0.2, 0.25) is 0 Å². The number of carbonyl (C=O) groups excluding carboxylic acids is 2. The van der Waals surface area contributed by atoms with Crippen molar-refractivity contribution in [2.24, 2.45) is 0 Å². The summed E-state index contributed by atoms with van der Waals surface area (Å²) in [7, 11) is 0. The molecule has 0 bridgehead atoms. The van der Waals surface area contributed by atoms with Crippen molar-refractivity contribution in [3.05, 3.63) is 57.0 Å². The predicted octanol–water partition coefficient (Wildman–Crippen LogP) is 4.44. The highest BCUT2D eigenvalue weighted by Gasteiger charge is 2.36. The van der Waals surface area contributed by atoms with Gasteiger partial charge >= 0.3 is 5.97 Å². The third-order valence-corrected chi connectivity index (χ3v) is 6.26. The van der Waals surface area contributed by atoms with Crippen molar-refractivity contribution in [1.29, 1.82) is 0 Å². The maximum Gasteiger partial charge on any atom is 0.331 e. The summed E-state index contributed by atoms with van der Waals surface area (Å²) in [6.07, 6.45) is 0. The van der Waals surface area contributed by atoms with Crippen molar-refractivity contribution in [2.75, 3.05) is 11.9 Å². The number of hydrogen-bond donors (Lipinski definition) is 1. The SMILES string of the molecule is CCOC(=O)C(C)(C)n1c(C(C)C)nc2sc(C(=O)Nc3ccccc3)c(C)c2c1=O. The first-order valence-electron chi connectivity index (χ1n) is 10.2. The fourth-order valence-corrected chi connectivity index (χ4v) is 4.53. The molecule has 0 fully saturated rings. The molecule has 0 atom stereocenters. The number of rotatable bonds is 6. The third-order valence-electron chi connectivity index (χ3n) is 5.08. The molecule has 0 unspecified atom stereocenters. The van der Waals surface area contributed by atoms with Gasteiger partial charge in [0.15, 0.2) is 0 Å². The van der Waals surface area contributed by atoms with Crippen molar-refractivity contribution in [3.8, 4) is 0 Å². The number of thiophene rings is 1. The van der Waals surface area contributed by atoms with E-state index in [1.807, 2.05) is 32.0 Å². The van der Waals surface area contributed by atoms with Crippen LogP contribution in [0.2, 0.25) is 0 Å². The molecule has 1 aromatic carbocycles. The fourth-order valence-electron chi connectivity index (χ4n) is 3.45. The van der Waals surface area contributed by atoms with Crippen LogP contribution >= 0.6 is 11.3 Å². The lowest BCUT2D eigenvalue weighted by Gasteiger charge is -2.28. The summed E-state index contributed by atoms with van der Waals surface area (Å²) in [6.45, 7) is 10.8. The van der Waals surface area contributed by atoms with Crippen LogP contribution in [0.5, 0.6) is 0 Å². The zero-order chi connectivity index (χ0) is 22.9. The number of amides is 1. The van der Waals surface area contributed by atoms with Gasteiger partial charge in [-0.05, 0) is 45.4 Å². The molecule has 0 aliphatic rings. The van der Waals surface area contributed by atoms with Crippen LogP contribution in [0.3, 0.4) is 0 Å². The number of nitrogens with one attached hydrogen (secondary N) is 1. The molecular formula is C23H27N3O4S. The molecule has 0 aliphatic carbocycles. The third kappa shape index (κ3) is 4.12. The van der Waals surface area contributed by atoms with Crippen LogP contribution in [0.1, 0.15) is 61.6 Å². The average Bonchev–Trinajstić information content (AvgIpc) is 3.05. The molecule has 164 valence electrons. The van der Waals surface area contributed by atoms with Crippen LogP contribution in [-0.4, -0.2) is 28.0 Å². The number of ether oxygens (including phenoxy) is 1. The Hall–Kier alpha value is -3.00. The largest absolute Gasteiger partial charge is 0.464 e. The molecular weight excluding hydrogens is 414 g/mol. The number of benzene rings is 1. The minimum absolute atomic E-state index is 0.116. The summed E-state index contributed by atoms with van der Waals surface area (Å²) < 4.78 is 6.63. The maximum absolute atomic E-state index is 13.6. The minimum atomic E-state index is -1.24. The quantitative estimate of drug-likeness (QED) is 0.571. The number of esters is 1. The number of para-hydroxylation sites is 1. The highest BCUT2D eigenvalue weighted by molar-refractivity contribution is 7.20. The molecule has 0 saturated heterocycles. The number of aryl methyl sites for hydroxylation is 1. The van der Waals surface area contributed by atoms with Gasteiger partial charge in [-0.2, -0.15) is 0 Å². The highest BCUT2D eigenvalue weighted by Crippen LogP contribution is 2.31. The van der Waals surface area contributed by atoms with E-state index >= 15 is 0 Å². The van der Waals surface area contributed by atoms with E-state index in [-0.39, 0.29) is 24.0 Å². The van der Waals surface area contributed by atoms with Gasteiger partial charge in [0.1, 0.15) is 16.2 Å². The molecule has 1 amide bonds. The lowest BCUT2D eigenvalue weighted by Crippen LogP contribution is -2.46. The molecule has 0 aliphatic heterocycles. The van der Waals surface area contributed by atoms with E-state index in [9.17, 15) is 14.4 Å². The zero-order valence-electron chi connectivity index (χ0n) is 18.6. The Kier molecular flexibility index (Phi) is 6.31. The topological polar surface area (TPSA) is 90.3 Å². The lowest BCUT2D eigenvalue weighted by molar-refractivity contribution is -0.152. The fraction of sp³-hybridized carbons (Fsp3) is 0.391. The summed E-state index contributed by atoms with van der Waals surface area (Å²) >= 11 is 1.18. The van der Waals surface area contributed by atoms with Gasteiger partial charge in [0, 0.05) is 11.6 Å². The van der Waals surface area contributed by atoms with E-state index in [1.54, 1.807) is 39.8 Å². The zero-order valence-corrected chi connectivity index (χ0v) is 19.4. The van der Waals surface area contributed by atoms with Crippen molar-refractivity contribution in [2.45, 2.75) is 53.0 Å². The first-order valence-corrected chi connectivity index (χ1v) is 11.0. The van der Waals surface area contributed by atoms with Gasteiger partial charge in [-0.1, -0.05) is 32.0 Å². The van der Waals surface area contributed by atoms with Crippen LogP contribution in [0.25, 0.3) is 10.2 Å². The van der Waals surface area contributed by atoms with E-state index in [1.165, 1.54) is 15.9 Å². The van der Waals surface area contributed by atoms with Crippen molar-refractivity contribution < 1.29 is 14.3 Å². The second kappa shape index (κ2) is 8.63. The lowest BCUT2D eigenvalue weighted by atomic mass is 10.0. The maximum atomic E-state index is 13.6. The molecule has 7 nitrogen and oxygen atoms in total. The molecule has 1 N–H and O–H groups in total. The van der Waals surface area contributed by atoms with Crippen LogP contribution in [-0.2, 0) is 15.1 Å². The van der Waals surface area contributed by atoms with Gasteiger partial charge < -0.3 is 10.1 Å². The van der Waals surface area contributed by atoms with Crippen molar-refractivity contribution in [3.63, 3.8) is 0 Å². The molecule has 0 spiro atoms. The number of nitrogens with zero attached hydrogens (tertiary/aromatic N) is 2. The van der Waals surface area contributed by atoms with Crippen LogP contribution in [0, 0.1) is 6.92 Å².